The van der Waals surface area contributed by atoms with Crippen LogP contribution in [-0.4, -0.2) is 26.6 Å². The average Bonchev–Trinajstić information content (AvgIpc) is 2.77. The number of aryl methyl sites for hydroxylation is 1. The number of methoxy groups -OCH3 is 1. The Labute approximate surface area is 117 Å². The van der Waals surface area contributed by atoms with Crippen molar-refractivity contribution in [2.24, 2.45) is 0 Å². The van der Waals surface area contributed by atoms with Gasteiger partial charge in [-0.3, -0.25) is 4.57 Å². The minimum Gasteiger partial charge on any atom is -0.468 e. The molecule has 2 aromatic rings. The van der Waals surface area contributed by atoms with Crippen molar-refractivity contribution in [1.29, 1.82) is 0 Å². The fraction of sp³-hybridized carbons (Fsp3) is 0.583. The number of unbranched alkanes of at least 4 members (excludes halogenated alkanes) is 2. The summed E-state index contributed by atoms with van der Waals surface area (Å²) in [6, 6.07) is 0.613. The van der Waals surface area contributed by atoms with Crippen LogP contribution in [0.4, 0.5) is 5.82 Å². The first-order valence-corrected chi connectivity index (χ1v) is 6.87. The number of imidazole rings is 1. The molecule has 0 spiro atoms. The Bertz CT molecular complexity index is 569. The molecule has 0 aliphatic rings. The number of rotatable bonds is 6. The normalized spacial score (nSPS) is 11.1. The summed E-state index contributed by atoms with van der Waals surface area (Å²) >= 11 is 5.90. The predicted octanol–water partition coefficient (Wildman–Crippen LogP) is 2.35. The Morgan fingerprint density at radius 2 is 2.05 bits per heavy atom. The number of hydrogen-bond acceptors (Lipinski definition) is 5. The van der Waals surface area contributed by atoms with E-state index in [1.807, 2.05) is 0 Å². The first-order valence-electron chi connectivity index (χ1n) is 6.33. The molecule has 0 aliphatic carbocycles. The number of nitrogens with zero attached hydrogens (tertiary/aromatic N) is 4. The molecule has 0 bridgehead atoms. The number of fused-ring (bicyclic) bond motifs is 1. The summed E-state index contributed by atoms with van der Waals surface area (Å²) < 4.78 is 6.84. The second kappa shape index (κ2) is 6.06. The standard InChI is InChI=1S/C12H18ClN5O/c1-3-4-5-6-8-15-10(14)9-11(16-8)18(7-13)12(17-9)19-2/h3-7H2,1-2H3,(H2,14,15,16). The lowest BCUT2D eigenvalue weighted by Crippen LogP contribution is -2.03. The number of hydrogen-bond donors (Lipinski definition) is 1. The van der Waals surface area contributed by atoms with E-state index in [0.29, 0.717) is 23.0 Å². The first-order chi connectivity index (χ1) is 9.21. The Hall–Kier alpha value is -1.56. The molecule has 104 valence electrons. The van der Waals surface area contributed by atoms with Gasteiger partial charge in [0.1, 0.15) is 11.8 Å². The van der Waals surface area contributed by atoms with Crippen molar-refractivity contribution >= 4 is 28.6 Å². The third-order valence-corrected chi connectivity index (χ3v) is 3.18. The molecule has 2 rings (SSSR count). The van der Waals surface area contributed by atoms with Gasteiger partial charge in [-0.25, -0.2) is 9.97 Å². The number of halogens is 1. The molecule has 0 amide bonds. The molecule has 7 heteroatoms. The summed E-state index contributed by atoms with van der Waals surface area (Å²) in [5.74, 6) is 1.10. The van der Waals surface area contributed by atoms with Crippen LogP contribution in [0.3, 0.4) is 0 Å². The van der Waals surface area contributed by atoms with Gasteiger partial charge < -0.3 is 10.5 Å². The van der Waals surface area contributed by atoms with Crippen molar-refractivity contribution in [3.8, 4) is 6.01 Å². The van der Waals surface area contributed by atoms with Gasteiger partial charge in [-0.1, -0.05) is 19.8 Å². The summed E-state index contributed by atoms with van der Waals surface area (Å²) in [5, 5.41) is 0. The van der Waals surface area contributed by atoms with Gasteiger partial charge in [0, 0.05) is 6.42 Å². The monoisotopic (exact) mass is 283 g/mol. The lowest BCUT2D eigenvalue weighted by molar-refractivity contribution is 0.367. The molecular formula is C12H18ClN5O. The third kappa shape index (κ3) is 2.73. The van der Waals surface area contributed by atoms with Gasteiger partial charge in [-0.15, -0.1) is 11.6 Å². The molecule has 0 unspecified atom stereocenters. The van der Waals surface area contributed by atoms with E-state index in [0.717, 1.165) is 31.5 Å². The van der Waals surface area contributed by atoms with Crippen LogP contribution in [0.2, 0.25) is 0 Å². The molecule has 0 aliphatic heterocycles. The van der Waals surface area contributed by atoms with E-state index in [-0.39, 0.29) is 6.00 Å². The topological polar surface area (TPSA) is 78.9 Å². The molecule has 0 radical (unpaired) electrons. The van der Waals surface area contributed by atoms with Crippen LogP contribution in [0, 0.1) is 0 Å². The summed E-state index contributed by atoms with van der Waals surface area (Å²) in [7, 11) is 1.54. The predicted molar refractivity (Wildman–Crippen MR) is 75.4 cm³/mol. The van der Waals surface area contributed by atoms with Crippen LogP contribution in [0.1, 0.15) is 32.0 Å². The van der Waals surface area contributed by atoms with E-state index in [2.05, 4.69) is 21.9 Å². The van der Waals surface area contributed by atoms with Gasteiger partial charge in [0.2, 0.25) is 0 Å². The summed E-state index contributed by atoms with van der Waals surface area (Å²) in [5.41, 5.74) is 7.10. The van der Waals surface area contributed by atoms with Crippen molar-refractivity contribution in [3.63, 3.8) is 0 Å². The molecule has 2 heterocycles. The van der Waals surface area contributed by atoms with Gasteiger partial charge in [0.15, 0.2) is 17.0 Å². The minimum absolute atomic E-state index is 0.213. The average molecular weight is 284 g/mol. The second-order valence-electron chi connectivity index (χ2n) is 4.30. The fourth-order valence-corrected chi connectivity index (χ4v) is 2.17. The maximum Gasteiger partial charge on any atom is 0.299 e. The zero-order valence-corrected chi connectivity index (χ0v) is 11.9. The van der Waals surface area contributed by atoms with E-state index < -0.39 is 0 Å². The zero-order valence-electron chi connectivity index (χ0n) is 11.2. The number of nitrogen functional groups attached to an aromatic ring is 1. The van der Waals surface area contributed by atoms with Gasteiger partial charge in [-0.2, -0.15) is 4.98 Å². The summed E-state index contributed by atoms with van der Waals surface area (Å²) in [4.78, 5) is 13.0. The van der Waals surface area contributed by atoms with Gasteiger partial charge in [-0.05, 0) is 6.42 Å². The first kappa shape index (κ1) is 13.9. The summed E-state index contributed by atoms with van der Waals surface area (Å²) in [6.45, 7) is 2.16. The SMILES string of the molecule is CCCCCc1nc(N)c2nc(OC)n(CCl)c2n1. The molecule has 0 atom stereocenters. The second-order valence-corrected chi connectivity index (χ2v) is 4.54. The number of alkyl halides is 1. The Morgan fingerprint density at radius 3 is 2.68 bits per heavy atom. The fourth-order valence-electron chi connectivity index (χ4n) is 1.96. The van der Waals surface area contributed by atoms with Crippen LogP contribution >= 0.6 is 11.6 Å². The van der Waals surface area contributed by atoms with Crippen molar-refractivity contribution in [2.45, 2.75) is 38.6 Å². The number of anilines is 1. The molecule has 19 heavy (non-hydrogen) atoms. The van der Waals surface area contributed by atoms with Gasteiger partial charge >= 0.3 is 0 Å². The van der Waals surface area contributed by atoms with E-state index in [1.165, 1.54) is 7.11 Å². The molecule has 6 nitrogen and oxygen atoms in total. The number of ether oxygens (including phenoxy) is 1. The molecule has 0 saturated heterocycles. The number of aromatic nitrogens is 4. The van der Waals surface area contributed by atoms with Crippen LogP contribution < -0.4 is 10.5 Å². The lowest BCUT2D eigenvalue weighted by Gasteiger charge is -2.04. The van der Waals surface area contributed by atoms with Crippen LogP contribution in [0.25, 0.3) is 11.2 Å². The van der Waals surface area contributed by atoms with Crippen molar-refractivity contribution in [1.82, 2.24) is 19.5 Å². The molecule has 2 aromatic heterocycles. The molecular weight excluding hydrogens is 266 g/mol. The van der Waals surface area contributed by atoms with Crippen LogP contribution in [0.5, 0.6) is 6.01 Å². The highest BCUT2D eigenvalue weighted by molar-refractivity contribution is 6.16. The van der Waals surface area contributed by atoms with Crippen LogP contribution in [0.15, 0.2) is 0 Å². The van der Waals surface area contributed by atoms with E-state index in [1.54, 1.807) is 4.57 Å². The maximum absolute atomic E-state index is 5.93. The van der Waals surface area contributed by atoms with Crippen LogP contribution in [-0.2, 0) is 12.4 Å². The molecule has 0 fully saturated rings. The largest absolute Gasteiger partial charge is 0.468 e. The minimum atomic E-state index is 0.213. The van der Waals surface area contributed by atoms with Crippen molar-refractivity contribution in [2.75, 3.05) is 12.8 Å². The lowest BCUT2D eigenvalue weighted by atomic mass is 10.2. The van der Waals surface area contributed by atoms with Gasteiger partial charge in [0.25, 0.3) is 6.01 Å². The van der Waals surface area contributed by atoms with Gasteiger partial charge in [0.05, 0.1) is 7.11 Å². The summed E-state index contributed by atoms with van der Waals surface area (Å²) in [6.07, 6.45) is 4.17. The highest BCUT2D eigenvalue weighted by Gasteiger charge is 2.16. The Balaban J connectivity index is 2.42. The zero-order chi connectivity index (χ0) is 13.8. The molecule has 0 aromatic carbocycles. The van der Waals surface area contributed by atoms with E-state index >= 15 is 0 Å². The van der Waals surface area contributed by atoms with Crippen molar-refractivity contribution < 1.29 is 4.74 Å². The van der Waals surface area contributed by atoms with Crippen molar-refractivity contribution in [3.05, 3.63) is 5.82 Å². The quantitative estimate of drug-likeness (QED) is 0.650. The molecule has 0 saturated carbocycles. The Morgan fingerprint density at radius 1 is 1.26 bits per heavy atom. The number of nitrogens with two attached hydrogens (primary N) is 1. The van der Waals surface area contributed by atoms with E-state index in [9.17, 15) is 0 Å². The maximum atomic E-state index is 5.93. The highest BCUT2D eigenvalue weighted by Crippen LogP contribution is 2.24. The third-order valence-electron chi connectivity index (χ3n) is 2.94. The smallest absolute Gasteiger partial charge is 0.299 e. The van der Waals surface area contributed by atoms with E-state index in [4.69, 9.17) is 22.1 Å². The highest BCUT2D eigenvalue weighted by atomic mass is 35.5. The Kier molecular flexibility index (Phi) is 4.42. The molecule has 2 N–H and O–H groups in total.